The maximum atomic E-state index is 12.5. The molecule has 166 valence electrons. The third-order valence-electron chi connectivity index (χ3n) is 4.87. The summed E-state index contributed by atoms with van der Waals surface area (Å²) < 4.78 is 14.5. The lowest BCUT2D eigenvalue weighted by Crippen LogP contribution is -2.23. The van der Waals surface area contributed by atoms with E-state index in [1.807, 2.05) is 12.3 Å². The maximum absolute atomic E-state index is 12.5. The lowest BCUT2D eigenvalue weighted by molar-refractivity contribution is -0.142. The van der Waals surface area contributed by atoms with Crippen LogP contribution in [0.2, 0.25) is 0 Å². The number of nitrogens with one attached hydrogen (secondary N) is 2. The van der Waals surface area contributed by atoms with Crippen LogP contribution in [-0.2, 0) is 11.8 Å². The molecule has 3 N–H and O–H groups in total. The SMILES string of the molecule is CC(F)C(=O)O.Cn1cc(NC(=O)c2cnn3ccc(NC4CCCCC4)nc23)cn1. The molecule has 1 atom stereocenters. The number of aliphatic carboxylic acids is 1. The molecule has 1 fully saturated rings. The Morgan fingerprint density at radius 3 is 2.55 bits per heavy atom. The molecule has 0 bridgehead atoms. The summed E-state index contributed by atoms with van der Waals surface area (Å²) in [6.45, 7) is 0.975. The molecule has 0 aromatic carbocycles. The van der Waals surface area contributed by atoms with Crippen molar-refractivity contribution in [1.82, 2.24) is 24.4 Å². The molecule has 1 aliphatic rings. The summed E-state index contributed by atoms with van der Waals surface area (Å²) in [4.78, 5) is 26.5. The topological polar surface area (TPSA) is 126 Å². The first-order valence-corrected chi connectivity index (χ1v) is 10.1. The van der Waals surface area contributed by atoms with E-state index in [1.165, 1.54) is 32.1 Å². The van der Waals surface area contributed by atoms with Crippen LogP contribution in [0.5, 0.6) is 0 Å². The maximum Gasteiger partial charge on any atom is 0.337 e. The molecular weight excluding hydrogens is 405 g/mol. The van der Waals surface area contributed by atoms with Crippen molar-refractivity contribution in [2.45, 2.75) is 51.2 Å². The quantitative estimate of drug-likeness (QED) is 0.567. The van der Waals surface area contributed by atoms with Crippen LogP contribution in [0, 0.1) is 0 Å². The van der Waals surface area contributed by atoms with Gasteiger partial charge in [-0.25, -0.2) is 18.7 Å². The Hall–Kier alpha value is -3.50. The van der Waals surface area contributed by atoms with Gasteiger partial charge in [0.05, 0.1) is 18.1 Å². The van der Waals surface area contributed by atoms with Crippen molar-refractivity contribution in [2.24, 2.45) is 7.05 Å². The van der Waals surface area contributed by atoms with Gasteiger partial charge in [-0.05, 0) is 25.8 Å². The van der Waals surface area contributed by atoms with Crippen molar-refractivity contribution in [3.05, 3.63) is 36.4 Å². The minimum atomic E-state index is -1.73. The Kier molecular flexibility index (Phi) is 7.16. The lowest BCUT2D eigenvalue weighted by Gasteiger charge is -2.23. The van der Waals surface area contributed by atoms with Crippen LogP contribution in [0.15, 0.2) is 30.9 Å². The summed E-state index contributed by atoms with van der Waals surface area (Å²) in [6, 6.07) is 2.36. The van der Waals surface area contributed by atoms with E-state index in [1.54, 1.807) is 34.8 Å². The average molecular weight is 431 g/mol. The normalized spacial score (nSPS) is 15.1. The summed E-state index contributed by atoms with van der Waals surface area (Å²) in [5, 5.41) is 22.2. The van der Waals surface area contributed by atoms with E-state index < -0.39 is 12.1 Å². The zero-order valence-corrected chi connectivity index (χ0v) is 17.5. The highest BCUT2D eigenvalue weighted by atomic mass is 19.1. The van der Waals surface area contributed by atoms with Crippen molar-refractivity contribution in [3.63, 3.8) is 0 Å². The molecule has 10 nitrogen and oxygen atoms in total. The summed E-state index contributed by atoms with van der Waals surface area (Å²) in [5.74, 6) is -0.865. The lowest BCUT2D eigenvalue weighted by atomic mass is 9.95. The zero-order valence-electron chi connectivity index (χ0n) is 17.5. The van der Waals surface area contributed by atoms with Crippen LogP contribution < -0.4 is 10.6 Å². The highest BCUT2D eigenvalue weighted by Crippen LogP contribution is 2.21. The van der Waals surface area contributed by atoms with Crippen molar-refractivity contribution < 1.29 is 19.1 Å². The summed E-state index contributed by atoms with van der Waals surface area (Å²) in [7, 11) is 1.80. The molecule has 1 amide bonds. The molecule has 1 saturated carbocycles. The van der Waals surface area contributed by atoms with Gasteiger partial charge in [-0.1, -0.05) is 19.3 Å². The van der Waals surface area contributed by atoms with Gasteiger partial charge in [0.2, 0.25) is 0 Å². The van der Waals surface area contributed by atoms with E-state index in [2.05, 4.69) is 25.8 Å². The fourth-order valence-electron chi connectivity index (χ4n) is 3.25. The first kappa shape index (κ1) is 22.2. The van der Waals surface area contributed by atoms with Gasteiger partial charge in [-0.2, -0.15) is 10.2 Å². The number of amides is 1. The molecule has 1 unspecified atom stereocenters. The number of hydrogen-bond acceptors (Lipinski definition) is 6. The molecule has 3 aromatic rings. The van der Waals surface area contributed by atoms with Gasteiger partial charge in [0.15, 0.2) is 11.8 Å². The number of carboxylic acids is 1. The largest absolute Gasteiger partial charge is 0.479 e. The number of anilines is 2. The number of nitrogens with zero attached hydrogens (tertiary/aromatic N) is 5. The summed E-state index contributed by atoms with van der Waals surface area (Å²) in [5.41, 5.74) is 1.63. The number of halogens is 1. The van der Waals surface area contributed by atoms with Gasteiger partial charge >= 0.3 is 5.97 Å². The second kappa shape index (κ2) is 10.0. The first-order chi connectivity index (χ1) is 14.8. The van der Waals surface area contributed by atoms with E-state index in [0.717, 1.165) is 12.7 Å². The molecular formula is C20H26FN7O3. The Morgan fingerprint density at radius 1 is 1.23 bits per heavy atom. The van der Waals surface area contributed by atoms with Crippen molar-refractivity contribution in [1.29, 1.82) is 0 Å². The minimum Gasteiger partial charge on any atom is -0.479 e. The zero-order chi connectivity index (χ0) is 22.4. The molecule has 3 aromatic heterocycles. The van der Waals surface area contributed by atoms with Crippen LogP contribution >= 0.6 is 0 Å². The molecule has 4 rings (SSSR count). The second-order valence-electron chi connectivity index (χ2n) is 7.43. The van der Waals surface area contributed by atoms with Gasteiger partial charge in [0, 0.05) is 25.5 Å². The van der Waals surface area contributed by atoms with Gasteiger partial charge in [-0.15, -0.1) is 0 Å². The number of carbonyl (C=O) groups is 2. The van der Waals surface area contributed by atoms with Crippen LogP contribution in [0.3, 0.4) is 0 Å². The van der Waals surface area contributed by atoms with E-state index in [4.69, 9.17) is 5.11 Å². The van der Waals surface area contributed by atoms with Gasteiger partial charge in [0.1, 0.15) is 11.4 Å². The predicted molar refractivity (Wildman–Crippen MR) is 113 cm³/mol. The van der Waals surface area contributed by atoms with Crippen LogP contribution in [0.25, 0.3) is 5.65 Å². The van der Waals surface area contributed by atoms with E-state index in [0.29, 0.717) is 22.9 Å². The highest BCUT2D eigenvalue weighted by molar-refractivity contribution is 6.08. The monoisotopic (exact) mass is 431 g/mol. The third-order valence-corrected chi connectivity index (χ3v) is 4.87. The number of alkyl halides is 1. The van der Waals surface area contributed by atoms with E-state index in [-0.39, 0.29) is 5.91 Å². The van der Waals surface area contributed by atoms with Crippen LogP contribution in [0.4, 0.5) is 15.9 Å². The number of fused-ring (bicyclic) bond motifs is 1. The number of aryl methyl sites for hydroxylation is 1. The second-order valence-corrected chi connectivity index (χ2v) is 7.43. The first-order valence-electron chi connectivity index (χ1n) is 10.1. The smallest absolute Gasteiger partial charge is 0.337 e. The van der Waals surface area contributed by atoms with Gasteiger partial charge in [0.25, 0.3) is 5.91 Å². The van der Waals surface area contributed by atoms with E-state index in [9.17, 15) is 14.0 Å². The molecule has 0 aliphatic heterocycles. The number of carbonyl (C=O) groups excluding carboxylic acids is 1. The molecule has 0 radical (unpaired) electrons. The fraction of sp³-hybridized carbons (Fsp3) is 0.450. The van der Waals surface area contributed by atoms with Gasteiger partial charge in [-0.3, -0.25) is 9.48 Å². The Labute approximate surface area is 178 Å². The third kappa shape index (κ3) is 6.00. The number of hydrogen-bond donors (Lipinski definition) is 3. The number of aromatic nitrogens is 5. The number of carboxylic acid groups (broad SMARTS) is 1. The standard InChI is InChI=1S/C17H21N7O.C3H5FO2/c1-23-11-13(9-18-23)21-17(25)14-10-19-24-8-7-15(22-16(14)24)20-12-5-3-2-4-6-12;1-2(4)3(5)6/h7-12H,2-6H2,1H3,(H,20,22)(H,21,25);2H,1H3,(H,5,6). The molecule has 3 heterocycles. The summed E-state index contributed by atoms with van der Waals surface area (Å²) in [6.07, 6.45) is 11.1. The Balaban J connectivity index is 0.000000401. The van der Waals surface area contributed by atoms with Crippen molar-refractivity contribution in [3.8, 4) is 0 Å². The van der Waals surface area contributed by atoms with Crippen molar-refractivity contribution >= 4 is 29.0 Å². The summed E-state index contributed by atoms with van der Waals surface area (Å²) >= 11 is 0. The molecule has 0 saturated heterocycles. The molecule has 0 spiro atoms. The number of rotatable bonds is 5. The average Bonchev–Trinajstić information content (AvgIpc) is 3.34. The van der Waals surface area contributed by atoms with Crippen molar-refractivity contribution in [2.75, 3.05) is 10.6 Å². The molecule has 11 heteroatoms. The molecule has 31 heavy (non-hydrogen) atoms. The van der Waals surface area contributed by atoms with Crippen LogP contribution in [0.1, 0.15) is 49.4 Å². The van der Waals surface area contributed by atoms with Crippen LogP contribution in [-0.4, -0.2) is 53.6 Å². The predicted octanol–water partition coefficient (Wildman–Crippen LogP) is 2.89. The molecule has 1 aliphatic carbocycles. The fourth-order valence-corrected chi connectivity index (χ4v) is 3.25. The Bertz CT molecular complexity index is 1040. The van der Waals surface area contributed by atoms with Gasteiger partial charge < -0.3 is 15.7 Å². The van der Waals surface area contributed by atoms with E-state index >= 15 is 0 Å². The highest BCUT2D eigenvalue weighted by Gasteiger charge is 2.17. The Morgan fingerprint density at radius 2 is 1.94 bits per heavy atom. The minimum absolute atomic E-state index is 0.245.